The molecule has 86 valence electrons. The van der Waals surface area contributed by atoms with Crippen LogP contribution in [-0.4, -0.2) is 10.8 Å². The van der Waals surface area contributed by atoms with E-state index in [-0.39, 0.29) is 5.84 Å². The molecule has 0 aliphatic heterocycles. The summed E-state index contributed by atoms with van der Waals surface area (Å²) in [5, 5.41) is 7.52. The summed E-state index contributed by atoms with van der Waals surface area (Å²) < 4.78 is 0. The molecule has 0 radical (unpaired) electrons. The van der Waals surface area contributed by atoms with E-state index in [0.717, 1.165) is 16.9 Å². The predicted molar refractivity (Wildman–Crippen MR) is 71.3 cm³/mol. The fourth-order valence-corrected chi connectivity index (χ4v) is 2.39. The van der Waals surface area contributed by atoms with Gasteiger partial charge in [0.05, 0.1) is 0 Å². The maximum Gasteiger partial charge on any atom is 0.123 e. The number of thioether (sulfide) groups is 1. The van der Waals surface area contributed by atoms with Gasteiger partial charge in [-0.1, -0.05) is 24.3 Å². The molecule has 0 unspecified atom stereocenters. The molecular weight excluding hydrogens is 230 g/mol. The quantitative estimate of drug-likeness (QED) is 0.493. The Hall–Kier alpha value is -1.81. The molecule has 0 bridgehead atoms. The Morgan fingerprint density at radius 2 is 1.88 bits per heavy atom. The van der Waals surface area contributed by atoms with Gasteiger partial charge in [-0.05, 0) is 17.7 Å². The molecule has 0 aliphatic carbocycles. The Kier molecular flexibility index (Phi) is 3.77. The van der Waals surface area contributed by atoms with Crippen molar-refractivity contribution >= 4 is 17.6 Å². The van der Waals surface area contributed by atoms with E-state index in [4.69, 9.17) is 11.1 Å². The zero-order valence-corrected chi connectivity index (χ0v) is 10.1. The molecule has 1 aromatic heterocycles. The second-order valence-electron chi connectivity index (χ2n) is 3.54. The van der Waals surface area contributed by atoms with Gasteiger partial charge in [0.2, 0.25) is 0 Å². The van der Waals surface area contributed by atoms with Gasteiger partial charge < -0.3 is 5.73 Å². The van der Waals surface area contributed by atoms with Gasteiger partial charge in [0.25, 0.3) is 0 Å². The van der Waals surface area contributed by atoms with Crippen molar-refractivity contribution < 1.29 is 0 Å². The molecule has 2 aromatic rings. The summed E-state index contributed by atoms with van der Waals surface area (Å²) >= 11 is 1.71. The van der Waals surface area contributed by atoms with Gasteiger partial charge in [-0.25, -0.2) is 0 Å². The number of aromatic nitrogens is 1. The van der Waals surface area contributed by atoms with Gasteiger partial charge in [0.15, 0.2) is 0 Å². The summed E-state index contributed by atoms with van der Waals surface area (Å²) in [4.78, 5) is 5.14. The Morgan fingerprint density at radius 3 is 2.59 bits per heavy atom. The number of nitrogens with one attached hydrogen (secondary N) is 1. The van der Waals surface area contributed by atoms with Crippen molar-refractivity contribution in [3.05, 3.63) is 59.9 Å². The SMILES string of the molecule is N=C(N)c1ccccc1CSc1ccncc1. The smallest absolute Gasteiger partial charge is 0.123 e. The third kappa shape index (κ3) is 3.07. The first-order valence-electron chi connectivity index (χ1n) is 5.22. The normalized spacial score (nSPS) is 10.1. The van der Waals surface area contributed by atoms with Crippen LogP contribution in [-0.2, 0) is 5.75 Å². The zero-order chi connectivity index (χ0) is 12.1. The molecule has 0 aliphatic rings. The van der Waals surface area contributed by atoms with Gasteiger partial charge in [0, 0.05) is 28.6 Å². The van der Waals surface area contributed by atoms with E-state index in [1.165, 1.54) is 4.90 Å². The summed E-state index contributed by atoms with van der Waals surface area (Å²) in [6, 6.07) is 11.7. The van der Waals surface area contributed by atoms with Crippen LogP contribution in [0.1, 0.15) is 11.1 Å². The number of amidine groups is 1. The molecule has 0 amide bonds. The molecule has 0 fully saturated rings. The summed E-state index contributed by atoms with van der Waals surface area (Å²) in [6.07, 6.45) is 3.55. The number of nitrogens with zero attached hydrogens (tertiary/aromatic N) is 1. The standard InChI is InChI=1S/C13H13N3S/c14-13(15)12-4-2-1-3-10(12)9-17-11-5-7-16-8-6-11/h1-8H,9H2,(H3,14,15). The van der Waals surface area contributed by atoms with Crippen LogP contribution in [0.15, 0.2) is 53.7 Å². The number of hydrogen-bond donors (Lipinski definition) is 2. The highest BCUT2D eigenvalue weighted by Gasteiger charge is 2.04. The van der Waals surface area contributed by atoms with Crippen molar-refractivity contribution in [3.8, 4) is 0 Å². The molecule has 1 heterocycles. The van der Waals surface area contributed by atoms with Gasteiger partial charge in [-0.15, -0.1) is 11.8 Å². The predicted octanol–water partition coefficient (Wildman–Crippen LogP) is 2.66. The molecule has 0 spiro atoms. The van der Waals surface area contributed by atoms with E-state index in [2.05, 4.69) is 4.98 Å². The molecule has 4 heteroatoms. The summed E-state index contributed by atoms with van der Waals surface area (Å²) in [7, 11) is 0. The van der Waals surface area contributed by atoms with Gasteiger partial charge in [-0.2, -0.15) is 0 Å². The molecule has 2 rings (SSSR count). The molecule has 3 N–H and O–H groups in total. The van der Waals surface area contributed by atoms with Crippen LogP contribution in [0.4, 0.5) is 0 Å². The first-order chi connectivity index (χ1) is 8.27. The van der Waals surface area contributed by atoms with E-state index in [9.17, 15) is 0 Å². The average Bonchev–Trinajstić information content (AvgIpc) is 2.38. The Balaban J connectivity index is 2.12. The van der Waals surface area contributed by atoms with Crippen molar-refractivity contribution in [1.29, 1.82) is 5.41 Å². The van der Waals surface area contributed by atoms with Crippen LogP contribution in [0.5, 0.6) is 0 Å². The van der Waals surface area contributed by atoms with Crippen molar-refractivity contribution in [1.82, 2.24) is 4.98 Å². The van der Waals surface area contributed by atoms with E-state index in [1.54, 1.807) is 24.2 Å². The highest BCUT2D eigenvalue weighted by molar-refractivity contribution is 7.98. The number of pyridine rings is 1. The van der Waals surface area contributed by atoms with Crippen LogP contribution in [0.2, 0.25) is 0 Å². The number of hydrogen-bond acceptors (Lipinski definition) is 3. The lowest BCUT2D eigenvalue weighted by atomic mass is 10.1. The average molecular weight is 243 g/mol. The Bertz CT molecular complexity index is 511. The number of nitrogen functional groups attached to an aromatic ring is 1. The summed E-state index contributed by atoms with van der Waals surface area (Å²) in [6.45, 7) is 0. The maximum absolute atomic E-state index is 7.52. The second kappa shape index (κ2) is 5.50. The first-order valence-corrected chi connectivity index (χ1v) is 6.21. The summed E-state index contributed by atoms with van der Waals surface area (Å²) in [5.74, 6) is 0.927. The topological polar surface area (TPSA) is 62.8 Å². The Morgan fingerprint density at radius 1 is 1.18 bits per heavy atom. The fraction of sp³-hybridized carbons (Fsp3) is 0.0769. The van der Waals surface area contributed by atoms with E-state index in [0.29, 0.717) is 0 Å². The van der Waals surface area contributed by atoms with Crippen LogP contribution < -0.4 is 5.73 Å². The molecule has 1 aromatic carbocycles. The number of rotatable bonds is 4. The van der Waals surface area contributed by atoms with Crippen molar-refractivity contribution in [2.45, 2.75) is 10.6 Å². The van der Waals surface area contributed by atoms with E-state index in [1.807, 2.05) is 36.4 Å². The van der Waals surface area contributed by atoms with Crippen LogP contribution in [0.3, 0.4) is 0 Å². The molecule has 0 saturated carbocycles. The molecule has 3 nitrogen and oxygen atoms in total. The molecule has 17 heavy (non-hydrogen) atoms. The van der Waals surface area contributed by atoms with Crippen molar-refractivity contribution in [3.63, 3.8) is 0 Å². The lowest BCUT2D eigenvalue weighted by Crippen LogP contribution is -2.13. The van der Waals surface area contributed by atoms with Crippen LogP contribution in [0.25, 0.3) is 0 Å². The Labute approximate surface area is 105 Å². The third-order valence-corrected chi connectivity index (χ3v) is 3.41. The minimum absolute atomic E-state index is 0.121. The highest BCUT2D eigenvalue weighted by atomic mass is 32.2. The minimum atomic E-state index is 0.121. The van der Waals surface area contributed by atoms with E-state index >= 15 is 0 Å². The zero-order valence-electron chi connectivity index (χ0n) is 9.26. The van der Waals surface area contributed by atoms with Crippen LogP contribution in [0, 0.1) is 5.41 Å². The fourth-order valence-electron chi connectivity index (χ4n) is 1.50. The largest absolute Gasteiger partial charge is 0.384 e. The van der Waals surface area contributed by atoms with E-state index < -0.39 is 0 Å². The van der Waals surface area contributed by atoms with Gasteiger partial charge >= 0.3 is 0 Å². The lowest BCUT2D eigenvalue weighted by molar-refractivity contribution is 1.26. The third-order valence-electron chi connectivity index (χ3n) is 2.35. The van der Waals surface area contributed by atoms with Gasteiger partial charge in [-0.3, -0.25) is 10.4 Å². The number of nitrogens with two attached hydrogens (primary N) is 1. The molecular formula is C13H13N3S. The molecule has 0 saturated heterocycles. The maximum atomic E-state index is 7.52. The lowest BCUT2D eigenvalue weighted by Gasteiger charge is -2.07. The first kappa shape index (κ1) is 11.7. The van der Waals surface area contributed by atoms with Gasteiger partial charge in [0.1, 0.15) is 5.84 Å². The second-order valence-corrected chi connectivity index (χ2v) is 4.59. The monoisotopic (exact) mass is 243 g/mol. The number of benzene rings is 1. The highest BCUT2D eigenvalue weighted by Crippen LogP contribution is 2.23. The van der Waals surface area contributed by atoms with Crippen molar-refractivity contribution in [2.75, 3.05) is 0 Å². The van der Waals surface area contributed by atoms with Crippen molar-refractivity contribution in [2.24, 2.45) is 5.73 Å². The molecule has 0 atom stereocenters. The minimum Gasteiger partial charge on any atom is -0.384 e. The van der Waals surface area contributed by atoms with Crippen LogP contribution >= 0.6 is 11.8 Å². The summed E-state index contributed by atoms with van der Waals surface area (Å²) in [5.41, 5.74) is 7.45.